The highest BCUT2D eigenvalue weighted by Gasteiger charge is 2.41. The van der Waals surface area contributed by atoms with Gasteiger partial charge in [0, 0.05) is 38.3 Å². The first-order valence-electron chi connectivity index (χ1n) is 9.20. The van der Waals surface area contributed by atoms with Crippen molar-refractivity contribution in [2.45, 2.75) is 56.1 Å². The fraction of sp³-hybridized carbons (Fsp3) is 0.737. The van der Waals surface area contributed by atoms with E-state index in [1.165, 1.54) is 44.3 Å². The number of likely N-dealkylation sites (tertiary alicyclic amines) is 1. The van der Waals surface area contributed by atoms with Gasteiger partial charge in [0.1, 0.15) is 0 Å². The van der Waals surface area contributed by atoms with Gasteiger partial charge in [-0.1, -0.05) is 0 Å². The molecule has 3 aliphatic rings. The van der Waals surface area contributed by atoms with Crippen molar-refractivity contribution < 1.29 is 9.47 Å². The van der Waals surface area contributed by atoms with Gasteiger partial charge in [0.2, 0.25) is 0 Å². The molecule has 0 N–H and O–H groups in total. The molecule has 0 bridgehead atoms. The summed E-state index contributed by atoms with van der Waals surface area (Å²) in [4.78, 5) is 6.88. The zero-order valence-electron chi connectivity index (χ0n) is 14.0. The van der Waals surface area contributed by atoms with Gasteiger partial charge in [-0.3, -0.25) is 4.98 Å². The average Bonchev–Trinajstić information content (AvgIpc) is 2.63. The lowest BCUT2D eigenvalue weighted by Crippen LogP contribution is -2.52. The Bertz CT molecular complexity index is 488. The summed E-state index contributed by atoms with van der Waals surface area (Å²) in [6.07, 6.45) is 11.0. The van der Waals surface area contributed by atoms with Gasteiger partial charge in [-0.2, -0.15) is 0 Å². The molecule has 3 aliphatic heterocycles. The summed E-state index contributed by atoms with van der Waals surface area (Å²) >= 11 is 0. The van der Waals surface area contributed by atoms with Crippen molar-refractivity contribution >= 4 is 0 Å². The van der Waals surface area contributed by atoms with E-state index in [0.717, 1.165) is 32.7 Å². The van der Waals surface area contributed by atoms with Gasteiger partial charge in [0.15, 0.2) is 0 Å². The van der Waals surface area contributed by atoms with Gasteiger partial charge in [0.25, 0.3) is 0 Å². The number of piperidine rings is 1. The van der Waals surface area contributed by atoms with Crippen LogP contribution in [0.2, 0.25) is 0 Å². The van der Waals surface area contributed by atoms with Crippen LogP contribution in [-0.2, 0) is 9.47 Å². The maximum Gasteiger partial charge on any atom is 0.0741 e. The van der Waals surface area contributed by atoms with Crippen LogP contribution in [0, 0.1) is 0 Å². The Morgan fingerprint density at radius 3 is 2.48 bits per heavy atom. The van der Waals surface area contributed by atoms with E-state index in [4.69, 9.17) is 9.47 Å². The quantitative estimate of drug-likeness (QED) is 0.840. The van der Waals surface area contributed by atoms with E-state index in [1.807, 2.05) is 12.4 Å². The summed E-state index contributed by atoms with van der Waals surface area (Å²) in [6.45, 7) is 5.12. The highest BCUT2D eigenvalue weighted by Crippen LogP contribution is 2.38. The number of rotatable bonds is 2. The summed E-state index contributed by atoms with van der Waals surface area (Å²) in [7, 11) is 0. The van der Waals surface area contributed by atoms with Crippen molar-refractivity contribution in [2.24, 2.45) is 0 Å². The molecule has 1 aromatic heterocycles. The van der Waals surface area contributed by atoms with Crippen LogP contribution < -0.4 is 0 Å². The van der Waals surface area contributed by atoms with E-state index in [1.54, 1.807) is 0 Å². The Kier molecular flexibility index (Phi) is 4.65. The number of hydrogen-bond acceptors (Lipinski definition) is 4. The van der Waals surface area contributed by atoms with Gasteiger partial charge >= 0.3 is 0 Å². The summed E-state index contributed by atoms with van der Waals surface area (Å²) in [6, 6.07) is 5.08. The summed E-state index contributed by atoms with van der Waals surface area (Å²) in [5, 5.41) is 0. The van der Waals surface area contributed by atoms with Crippen LogP contribution in [0.15, 0.2) is 24.5 Å². The van der Waals surface area contributed by atoms with Crippen molar-refractivity contribution in [3.05, 3.63) is 30.1 Å². The van der Waals surface area contributed by atoms with E-state index in [0.29, 0.717) is 12.0 Å². The fourth-order valence-electron chi connectivity index (χ4n) is 4.64. The molecule has 0 aliphatic carbocycles. The molecular weight excluding hydrogens is 288 g/mol. The van der Waals surface area contributed by atoms with Crippen molar-refractivity contribution in [1.29, 1.82) is 0 Å². The molecule has 0 amide bonds. The Morgan fingerprint density at radius 1 is 1.00 bits per heavy atom. The predicted octanol–water partition coefficient (Wildman–Crippen LogP) is 2.99. The van der Waals surface area contributed by atoms with Crippen LogP contribution in [0.5, 0.6) is 0 Å². The Labute approximate surface area is 139 Å². The maximum atomic E-state index is 6.20. The first-order valence-corrected chi connectivity index (χ1v) is 9.20. The first kappa shape index (κ1) is 15.6. The lowest BCUT2D eigenvalue weighted by molar-refractivity contribution is -0.152. The minimum absolute atomic E-state index is 0.114. The lowest BCUT2D eigenvalue weighted by Gasteiger charge is -2.47. The van der Waals surface area contributed by atoms with E-state index >= 15 is 0 Å². The Balaban J connectivity index is 1.35. The van der Waals surface area contributed by atoms with Crippen molar-refractivity contribution in [2.75, 3.05) is 32.9 Å². The van der Waals surface area contributed by atoms with Gasteiger partial charge in [-0.15, -0.1) is 0 Å². The third kappa shape index (κ3) is 3.44. The van der Waals surface area contributed by atoms with E-state index in [9.17, 15) is 0 Å². The molecule has 4 nitrogen and oxygen atoms in total. The van der Waals surface area contributed by atoms with Gasteiger partial charge in [-0.05, 0) is 75.2 Å². The summed E-state index contributed by atoms with van der Waals surface area (Å²) in [5.41, 5.74) is 1.58. The number of pyridine rings is 1. The molecule has 4 rings (SSSR count). The van der Waals surface area contributed by atoms with Crippen LogP contribution in [0.4, 0.5) is 0 Å². The highest BCUT2D eigenvalue weighted by atomic mass is 16.5. The zero-order chi connectivity index (χ0) is 15.5. The van der Waals surface area contributed by atoms with Crippen molar-refractivity contribution in [3.63, 3.8) is 0 Å². The minimum Gasteiger partial charge on any atom is -0.381 e. The number of aromatic nitrogens is 1. The zero-order valence-corrected chi connectivity index (χ0v) is 14.0. The third-order valence-corrected chi connectivity index (χ3v) is 6.09. The average molecular weight is 316 g/mol. The van der Waals surface area contributed by atoms with Crippen LogP contribution in [0.1, 0.15) is 50.0 Å². The molecule has 126 valence electrons. The van der Waals surface area contributed by atoms with Crippen LogP contribution >= 0.6 is 0 Å². The first-order chi connectivity index (χ1) is 11.3. The second-order valence-electron chi connectivity index (χ2n) is 7.38. The van der Waals surface area contributed by atoms with Crippen molar-refractivity contribution in [1.82, 2.24) is 9.88 Å². The fourth-order valence-corrected chi connectivity index (χ4v) is 4.64. The largest absolute Gasteiger partial charge is 0.381 e. The van der Waals surface area contributed by atoms with Crippen LogP contribution in [-0.4, -0.2) is 54.4 Å². The predicted molar refractivity (Wildman–Crippen MR) is 89.5 cm³/mol. The second kappa shape index (κ2) is 6.88. The number of ether oxygens (including phenoxy) is 2. The summed E-state index contributed by atoms with van der Waals surface area (Å²) in [5.74, 6) is 0.714. The van der Waals surface area contributed by atoms with Gasteiger partial charge in [-0.25, -0.2) is 0 Å². The molecule has 1 spiro atoms. The third-order valence-electron chi connectivity index (χ3n) is 6.09. The minimum atomic E-state index is 0.114. The second-order valence-corrected chi connectivity index (χ2v) is 7.38. The van der Waals surface area contributed by atoms with Gasteiger partial charge in [0.05, 0.1) is 5.60 Å². The molecular formula is C19H28N2O2. The standard InChI is InChI=1S/C19H28N2O2/c1-8-20-9-2-16(1)17-3-10-21(11-4-17)18-5-12-23-19(15-18)6-13-22-14-7-19/h1-2,8-9,17-18H,3-7,10-15H2/t18-/m1/s1. The molecule has 0 unspecified atom stereocenters. The molecule has 3 saturated heterocycles. The summed E-state index contributed by atoms with van der Waals surface area (Å²) < 4.78 is 11.7. The van der Waals surface area contributed by atoms with E-state index in [-0.39, 0.29) is 5.60 Å². The molecule has 1 atom stereocenters. The molecule has 0 saturated carbocycles. The van der Waals surface area contributed by atoms with E-state index < -0.39 is 0 Å². The van der Waals surface area contributed by atoms with Crippen LogP contribution in [0.3, 0.4) is 0 Å². The molecule has 0 radical (unpaired) electrons. The smallest absolute Gasteiger partial charge is 0.0741 e. The Morgan fingerprint density at radius 2 is 1.74 bits per heavy atom. The molecule has 4 heteroatoms. The molecule has 3 fully saturated rings. The lowest BCUT2D eigenvalue weighted by atomic mass is 9.82. The maximum absolute atomic E-state index is 6.20. The monoisotopic (exact) mass is 316 g/mol. The molecule has 0 aromatic carbocycles. The number of hydrogen-bond donors (Lipinski definition) is 0. The molecule has 23 heavy (non-hydrogen) atoms. The SMILES string of the molecule is c1cc(C2CCN([C@@H]3CCOC4(CCOCC4)C3)CC2)ccn1. The highest BCUT2D eigenvalue weighted by molar-refractivity contribution is 5.16. The Hall–Kier alpha value is -0.970. The van der Waals surface area contributed by atoms with Gasteiger partial charge < -0.3 is 14.4 Å². The normalized spacial score (nSPS) is 29.7. The number of nitrogens with zero attached hydrogens (tertiary/aromatic N) is 2. The molecule has 4 heterocycles. The van der Waals surface area contributed by atoms with Crippen LogP contribution in [0.25, 0.3) is 0 Å². The molecule has 1 aromatic rings. The topological polar surface area (TPSA) is 34.6 Å². The van der Waals surface area contributed by atoms with E-state index in [2.05, 4.69) is 22.0 Å². The van der Waals surface area contributed by atoms with Crippen molar-refractivity contribution in [3.8, 4) is 0 Å².